The Morgan fingerprint density at radius 3 is 2.41 bits per heavy atom. The van der Waals surface area contributed by atoms with Gasteiger partial charge in [0.05, 0.1) is 5.25 Å². The molecule has 1 rings (SSSR count). The molecule has 0 heterocycles. The molecule has 0 saturated carbocycles. The Labute approximate surface area is 111 Å². The molecule has 0 radical (unpaired) electrons. The van der Waals surface area contributed by atoms with Crippen LogP contribution in [-0.2, 0) is 16.6 Å². The van der Waals surface area contributed by atoms with Crippen molar-refractivity contribution in [3.63, 3.8) is 0 Å². The maximum Gasteiger partial charge on any atom is 0.215 e. The first-order chi connectivity index (χ1) is 7.95. The molecule has 0 saturated heterocycles. The van der Waals surface area contributed by atoms with Gasteiger partial charge in [0.1, 0.15) is 0 Å². The molecule has 17 heavy (non-hydrogen) atoms. The maximum atomic E-state index is 11.8. The van der Waals surface area contributed by atoms with Crippen molar-refractivity contribution in [1.29, 1.82) is 0 Å². The van der Waals surface area contributed by atoms with Crippen LogP contribution in [0.5, 0.6) is 0 Å². The number of rotatable bonds is 6. The summed E-state index contributed by atoms with van der Waals surface area (Å²) in [6.07, 6.45) is 0. The van der Waals surface area contributed by atoms with Gasteiger partial charge in [0.25, 0.3) is 0 Å². The van der Waals surface area contributed by atoms with Crippen molar-refractivity contribution >= 4 is 26.0 Å². The molecule has 96 valence electrons. The van der Waals surface area contributed by atoms with Crippen LogP contribution >= 0.6 is 15.9 Å². The lowest BCUT2D eigenvalue weighted by Crippen LogP contribution is -2.37. The summed E-state index contributed by atoms with van der Waals surface area (Å²) in [4.78, 5) is 0. The zero-order chi connectivity index (χ0) is 12.9. The zero-order valence-corrected chi connectivity index (χ0v) is 12.3. The van der Waals surface area contributed by atoms with Crippen LogP contribution in [0.2, 0.25) is 0 Å². The van der Waals surface area contributed by atoms with Gasteiger partial charge in [-0.2, -0.15) is 0 Å². The van der Waals surface area contributed by atoms with E-state index in [2.05, 4.69) is 26.0 Å². The van der Waals surface area contributed by atoms with Crippen LogP contribution in [0.15, 0.2) is 28.7 Å². The minimum absolute atomic E-state index is 0.323. The average Bonchev–Trinajstić information content (AvgIpc) is 2.29. The summed E-state index contributed by atoms with van der Waals surface area (Å²) >= 11 is 3.33. The van der Waals surface area contributed by atoms with Gasteiger partial charge in [-0.1, -0.05) is 28.1 Å². The van der Waals surface area contributed by atoms with E-state index in [1.807, 2.05) is 24.3 Å². The van der Waals surface area contributed by atoms with Crippen LogP contribution in [0.25, 0.3) is 0 Å². The third-order valence-corrected chi connectivity index (χ3v) is 4.71. The molecule has 0 aromatic heterocycles. The van der Waals surface area contributed by atoms with Gasteiger partial charge >= 0.3 is 0 Å². The molecule has 0 aliphatic rings. The minimum Gasteiger partial charge on any atom is -0.318 e. The van der Waals surface area contributed by atoms with Crippen molar-refractivity contribution in [3.8, 4) is 0 Å². The van der Waals surface area contributed by atoms with Crippen molar-refractivity contribution in [3.05, 3.63) is 34.3 Å². The summed E-state index contributed by atoms with van der Waals surface area (Å²) in [6, 6.07) is 7.55. The minimum atomic E-state index is -3.25. The van der Waals surface area contributed by atoms with E-state index in [0.29, 0.717) is 13.1 Å². The van der Waals surface area contributed by atoms with Gasteiger partial charge < -0.3 is 5.32 Å². The lowest BCUT2D eigenvalue weighted by molar-refractivity contribution is 0.563. The number of halogens is 1. The first-order valence-electron chi connectivity index (χ1n) is 5.33. The Kier molecular flexibility index (Phi) is 5.58. The van der Waals surface area contributed by atoms with Gasteiger partial charge in [0, 0.05) is 17.6 Å². The van der Waals surface area contributed by atoms with Gasteiger partial charge in [-0.15, -0.1) is 0 Å². The molecule has 0 spiro atoms. The van der Waals surface area contributed by atoms with E-state index in [1.165, 1.54) is 0 Å². The smallest absolute Gasteiger partial charge is 0.215 e. The van der Waals surface area contributed by atoms with E-state index in [9.17, 15) is 8.42 Å². The summed E-state index contributed by atoms with van der Waals surface area (Å²) in [6.45, 7) is 2.44. The molecule has 1 aromatic rings. The van der Waals surface area contributed by atoms with Crippen LogP contribution in [-0.4, -0.2) is 27.3 Å². The van der Waals surface area contributed by atoms with E-state index < -0.39 is 15.3 Å². The van der Waals surface area contributed by atoms with Crippen molar-refractivity contribution in [1.82, 2.24) is 10.0 Å². The normalized spacial score (nSPS) is 13.6. The third kappa shape index (κ3) is 4.75. The number of sulfonamides is 1. The Hall–Kier alpha value is -0.430. The summed E-state index contributed by atoms with van der Waals surface area (Å²) in [7, 11) is -1.52. The van der Waals surface area contributed by atoms with Crippen LogP contribution in [0.4, 0.5) is 0 Å². The van der Waals surface area contributed by atoms with E-state index in [-0.39, 0.29) is 0 Å². The third-order valence-electron chi connectivity index (χ3n) is 2.41. The molecule has 1 unspecified atom stereocenters. The van der Waals surface area contributed by atoms with Gasteiger partial charge in [0.2, 0.25) is 10.0 Å². The molecular weight excluding hydrogens is 304 g/mol. The van der Waals surface area contributed by atoms with Crippen molar-refractivity contribution < 1.29 is 8.42 Å². The van der Waals surface area contributed by atoms with Crippen molar-refractivity contribution in [2.24, 2.45) is 0 Å². The first-order valence-corrected chi connectivity index (χ1v) is 7.67. The summed E-state index contributed by atoms with van der Waals surface area (Å²) in [5, 5.41) is 2.41. The van der Waals surface area contributed by atoms with Crippen molar-refractivity contribution in [2.75, 3.05) is 13.6 Å². The fourth-order valence-electron chi connectivity index (χ4n) is 1.33. The van der Waals surface area contributed by atoms with E-state index in [1.54, 1.807) is 14.0 Å². The molecule has 0 bridgehead atoms. The summed E-state index contributed by atoms with van der Waals surface area (Å²) in [5.41, 5.74) is 0.938. The molecule has 0 amide bonds. The van der Waals surface area contributed by atoms with E-state index >= 15 is 0 Å². The molecule has 4 nitrogen and oxygen atoms in total. The lowest BCUT2D eigenvalue weighted by Gasteiger charge is -2.13. The molecule has 1 atom stereocenters. The van der Waals surface area contributed by atoms with Gasteiger partial charge in [-0.05, 0) is 31.7 Å². The lowest BCUT2D eigenvalue weighted by atomic mass is 10.2. The Morgan fingerprint density at radius 1 is 1.29 bits per heavy atom. The Morgan fingerprint density at radius 2 is 1.88 bits per heavy atom. The Balaban J connectivity index is 2.58. The van der Waals surface area contributed by atoms with Crippen LogP contribution in [0.1, 0.15) is 12.5 Å². The van der Waals surface area contributed by atoms with E-state index in [4.69, 9.17) is 0 Å². The number of benzene rings is 1. The van der Waals surface area contributed by atoms with Gasteiger partial charge in [0.15, 0.2) is 0 Å². The number of hydrogen-bond donors (Lipinski definition) is 2. The monoisotopic (exact) mass is 320 g/mol. The standard InChI is InChI=1S/C11H17BrN2O2S/c1-9(7-13-2)17(15,16)14-8-10-3-5-11(12)6-4-10/h3-6,9,13-14H,7-8H2,1-2H3. The zero-order valence-electron chi connectivity index (χ0n) is 9.90. The number of nitrogens with one attached hydrogen (secondary N) is 2. The predicted molar refractivity (Wildman–Crippen MR) is 73.3 cm³/mol. The molecule has 0 aliphatic heterocycles. The fraction of sp³-hybridized carbons (Fsp3) is 0.455. The van der Waals surface area contributed by atoms with Crippen LogP contribution in [0, 0.1) is 0 Å². The highest BCUT2D eigenvalue weighted by molar-refractivity contribution is 9.10. The maximum absolute atomic E-state index is 11.8. The first kappa shape index (κ1) is 14.6. The molecule has 1 aromatic carbocycles. The van der Waals surface area contributed by atoms with Crippen LogP contribution in [0.3, 0.4) is 0 Å². The predicted octanol–water partition coefficient (Wildman–Crippen LogP) is 1.48. The molecule has 2 N–H and O–H groups in total. The Bertz CT molecular complexity index is 445. The van der Waals surface area contributed by atoms with Crippen LogP contribution < -0.4 is 10.0 Å². The summed E-state index contributed by atoms with van der Waals surface area (Å²) in [5.74, 6) is 0. The topological polar surface area (TPSA) is 58.2 Å². The summed E-state index contributed by atoms with van der Waals surface area (Å²) < 4.78 is 27.2. The highest BCUT2D eigenvalue weighted by Gasteiger charge is 2.18. The second-order valence-corrected chi connectivity index (χ2v) is 6.96. The molecular formula is C11H17BrN2O2S. The van der Waals surface area contributed by atoms with Gasteiger partial charge in [-0.25, -0.2) is 13.1 Å². The van der Waals surface area contributed by atoms with Gasteiger partial charge in [-0.3, -0.25) is 0 Å². The fourth-order valence-corrected chi connectivity index (χ4v) is 2.63. The average molecular weight is 321 g/mol. The number of hydrogen-bond acceptors (Lipinski definition) is 3. The van der Waals surface area contributed by atoms with E-state index in [0.717, 1.165) is 10.0 Å². The SMILES string of the molecule is CNCC(C)S(=O)(=O)NCc1ccc(Br)cc1. The molecule has 0 fully saturated rings. The highest BCUT2D eigenvalue weighted by atomic mass is 79.9. The largest absolute Gasteiger partial charge is 0.318 e. The second-order valence-electron chi connectivity index (χ2n) is 3.86. The second kappa shape index (κ2) is 6.49. The highest BCUT2D eigenvalue weighted by Crippen LogP contribution is 2.10. The van der Waals surface area contributed by atoms with Crippen molar-refractivity contribution in [2.45, 2.75) is 18.7 Å². The quantitative estimate of drug-likeness (QED) is 0.834. The molecule has 6 heteroatoms. The molecule has 0 aliphatic carbocycles.